The summed E-state index contributed by atoms with van der Waals surface area (Å²) in [5, 5.41) is 0.587. The van der Waals surface area contributed by atoms with Crippen molar-refractivity contribution in [2.75, 3.05) is 0 Å². The third kappa shape index (κ3) is 5.08. The molecule has 4 heteroatoms. The van der Waals surface area contributed by atoms with Crippen LogP contribution in [0.4, 0.5) is 0 Å². The Morgan fingerprint density at radius 3 is 2.48 bits per heavy atom. The molecule has 0 saturated heterocycles. The monoisotopic (exact) mass is 328 g/mol. The van der Waals surface area contributed by atoms with Crippen molar-refractivity contribution in [2.45, 2.75) is 20.0 Å². The minimum Gasteiger partial charge on any atom is -0.451 e. The van der Waals surface area contributed by atoms with Crippen LogP contribution in [0.5, 0.6) is 0 Å². The Morgan fingerprint density at radius 2 is 1.83 bits per heavy atom. The van der Waals surface area contributed by atoms with E-state index in [-0.39, 0.29) is 5.78 Å². The first-order valence-corrected chi connectivity index (χ1v) is 7.58. The number of halogens is 1. The summed E-state index contributed by atoms with van der Waals surface area (Å²) >= 11 is 5.87. The number of rotatable bonds is 5. The molecule has 0 unspecified atom stereocenters. The Morgan fingerprint density at radius 1 is 1.13 bits per heavy atom. The summed E-state index contributed by atoms with van der Waals surface area (Å²) in [5.74, 6) is -0.799. The van der Waals surface area contributed by atoms with Crippen LogP contribution in [0.3, 0.4) is 0 Å². The number of Topliss-reactive ketones (excluding diaryl/α,β-unsaturated/α-hetero) is 1. The molecule has 0 bridgehead atoms. The molecular formula is C19H17ClO3. The zero-order valence-electron chi connectivity index (χ0n) is 13.0. The Hall–Kier alpha value is -2.39. The van der Waals surface area contributed by atoms with Crippen LogP contribution >= 0.6 is 11.6 Å². The fourth-order valence-electron chi connectivity index (χ4n) is 1.99. The van der Waals surface area contributed by atoms with Crippen LogP contribution in [0.1, 0.15) is 28.4 Å². The Labute approximate surface area is 140 Å². The molecular weight excluding hydrogens is 312 g/mol. The fraction of sp³-hybridized carbons (Fsp3) is 0.158. The molecule has 2 rings (SSSR count). The molecule has 2 aromatic rings. The van der Waals surface area contributed by atoms with Gasteiger partial charge in [0.15, 0.2) is 6.10 Å². The number of carbonyl (C=O) groups excluding carboxylic acids is 2. The Balaban J connectivity index is 1.96. The van der Waals surface area contributed by atoms with E-state index in [2.05, 4.69) is 0 Å². The minimum atomic E-state index is -0.839. The van der Waals surface area contributed by atoms with E-state index in [0.717, 1.165) is 11.1 Å². The van der Waals surface area contributed by atoms with E-state index in [4.69, 9.17) is 16.3 Å². The molecule has 0 N–H and O–H groups in total. The van der Waals surface area contributed by atoms with Crippen molar-refractivity contribution in [3.63, 3.8) is 0 Å². The van der Waals surface area contributed by atoms with E-state index in [1.165, 1.54) is 6.08 Å². The molecule has 1 atom stereocenters. The van der Waals surface area contributed by atoms with Gasteiger partial charge in [-0.1, -0.05) is 53.6 Å². The summed E-state index contributed by atoms with van der Waals surface area (Å²) < 4.78 is 5.14. The van der Waals surface area contributed by atoms with Gasteiger partial charge in [-0.2, -0.15) is 0 Å². The molecule has 3 nitrogen and oxygen atoms in total. The zero-order chi connectivity index (χ0) is 16.8. The number of aryl methyl sites for hydroxylation is 1. The van der Waals surface area contributed by atoms with Crippen LogP contribution in [0.25, 0.3) is 6.08 Å². The number of carbonyl (C=O) groups is 2. The maximum atomic E-state index is 12.2. The number of hydrogen-bond acceptors (Lipinski definition) is 3. The SMILES string of the molecule is Cc1ccc(C(=O)[C@@H](C)OC(=O)/C=C/c2cccc(Cl)c2)cc1. The highest BCUT2D eigenvalue weighted by Gasteiger charge is 2.18. The number of ether oxygens (including phenoxy) is 1. The quantitative estimate of drug-likeness (QED) is 0.462. The molecule has 118 valence electrons. The van der Waals surface area contributed by atoms with Crippen molar-refractivity contribution >= 4 is 29.4 Å². The Bertz CT molecular complexity index is 733. The van der Waals surface area contributed by atoms with E-state index in [1.54, 1.807) is 43.3 Å². The molecule has 0 saturated carbocycles. The minimum absolute atomic E-state index is 0.227. The average molecular weight is 329 g/mol. The van der Waals surface area contributed by atoms with Gasteiger partial charge in [-0.25, -0.2) is 4.79 Å². The van der Waals surface area contributed by atoms with E-state index in [9.17, 15) is 9.59 Å². The summed E-state index contributed by atoms with van der Waals surface area (Å²) in [6, 6.07) is 14.2. The lowest BCUT2D eigenvalue weighted by Gasteiger charge is -2.11. The van der Waals surface area contributed by atoms with Gasteiger partial charge in [0.25, 0.3) is 0 Å². The van der Waals surface area contributed by atoms with Crippen molar-refractivity contribution < 1.29 is 14.3 Å². The van der Waals surface area contributed by atoms with Gasteiger partial charge in [0.1, 0.15) is 0 Å². The largest absolute Gasteiger partial charge is 0.451 e. The molecule has 0 radical (unpaired) electrons. The maximum Gasteiger partial charge on any atom is 0.331 e. The first-order valence-electron chi connectivity index (χ1n) is 7.21. The normalized spacial score (nSPS) is 12.1. The highest BCUT2D eigenvalue weighted by atomic mass is 35.5. The molecule has 0 aliphatic heterocycles. The second kappa shape index (κ2) is 7.75. The van der Waals surface area contributed by atoms with Gasteiger partial charge >= 0.3 is 5.97 Å². The number of ketones is 1. The van der Waals surface area contributed by atoms with Gasteiger partial charge in [0.2, 0.25) is 5.78 Å². The first-order chi connectivity index (χ1) is 11.0. The second-order valence-electron chi connectivity index (χ2n) is 5.20. The van der Waals surface area contributed by atoms with Gasteiger partial charge in [-0.3, -0.25) is 4.79 Å². The first kappa shape index (κ1) is 17.0. The number of hydrogen-bond donors (Lipinski definition) is 0. The van der Waals surface area contributed by atoms with Gasteiger partial charge in [-0.15, -0.1) is 0 Å². The highest BCUT2D eigenvalue weighted by Crippen LogP contribution is 2.12. The second-order valence-corrected chi connectivity index (χ2v) is 5.63. The lowest BCUT2D eigenvalue weighted by Crippen LogP contribution is -2.23. The topological polar surface area (TPSA) is 43.4 Å². The summed E-state index contributed by atoms with van der Waals surface area (Å²) in [6.45, 7) is 3.51. The zero-order valence-corrected chi connectivity index (χ0v) is 13.7. The molecule has 0 aliphatic rings. The Kier molecular flexibility index (Phi) is 5.72. The van der Waals surface area contributed by atoms with Crippen LogP contribution < -0.4 is 0 Å². The number of esters is 1. The molecule has 2 aromatic carbocycles. The molecule has 23 heavy (non-hydrogen) atoms. The smallest absolute Gasteiger partial charge is 0.331 e. The van der Waals surface area contributed by atoms with Crippen molar-refractivity contribution in [1.29, 1.82) is 0 Å². The van der Waals surface area contributed by atoms with Crippen LogP contribution in [-0.4, -0.2) is 17.9 Å². The lowest BCUT2D eigenvalue weighted by molar-refractivity contribution is -0.140. The maximum absolute atomic E-state index is 12.2. The van der Waals surface area contributed by atoms with E-state index in [1.807, 2.05) is 25.1 Å². The molecule has 0 amide bonds. The standard InChI is InChI=1S/C19H17ClO3/c1-13-6-9-16(10-7-13)19(22)14(2)23-18(21)11-8-15-4-3-5-17(20)12-15/h3-12,14H,1-2H3/b11-8+/t14-/m1/s1. The molecule has 0 spiro atoms. The predicted molar refractivity (Wildman–Crippen MR) is 91.5 cm³/mol. The van der Waals surface area contributed by atoms with Gasteiger partial charge in [-0.05, 0) is 37.6 Å². The van der Waals surface area contributed by atoms with Crippen LogP contribution in [0.2, 0.25) is 5.02 Å². The lowest BCUT2D eigenvalue weighted by atomic mass is 10.1. The molecule has 0 heterocycles. The summed E-state index contributed by atoms with van der Waals surface area (Å²) in [6.07, 6.45) is 2.04. The van der Waals surface area contributed by atoms with Crippen LogP contribution in [0, 0.1) is 6.92 Å². The van der Waals surface area contributed by atoms with E-state index >= 15 is 0 Å². The third-order valence-corrected chi connectivity index (χ3v) is 3.49. The van der Waals surface area contributed by atoms with Crippen molar-refractivity contribution in [2.24, 2.45) is 0 Å². The molecule has 0 aromatic heterocycles. The molecule has 0 fully saturated rings. The summed E-state index contributed by atoms with van der Waals surface area (Å²) in [5.41, 5.74) is 2.37. The van der Waals surface area contributed by atoms with Crippen molar-refractivity contribution in [3.8, 4) is 0 Å². The van der Waals surface area contributed by atoms with Crippen LogP contribution in [0.15, 0.2) is 54.6 Å². The summed E-state index contributed by atoms with van der Waals surface area (Å²) in [4.78, 5) is 24.0. The third-order valence-electron chi connectivity index (χ3n) is 3.26. The number of benzene rings is 2. The van der Waals surface area contributed by atoms with Crippen LogP contribution in [-0.2, 0) is 9.53 Å². The predicted octanol–water partition coefficient (Wildman–Crippen LogP) is 4.48. The van der Waals surface area contributed by atoms with Gasteiger partial charge < -0.3 is 4.74 Å². The van der Waals surface area contributed by atoms with Gasteiger partial charge in [0, 0.05) is 16.7 Å². The van der Waals surface area contributed by atoms with E-state index < -0.39 is 12.1 Å². The highest BCUT2D eigenvalue weighted by molar-refractivity contribution is 6.30. The van der Waals surface area contributed by atoms with Gasteiger partial charge in [0.05, 0.1) is 0 Å². The fourth-order valence-corrected chi connectivity index (χ4v) is 2.19. The van der Waals surface area contributed by atoms with Crippen molar-refractivity contribution in [1.82, 2.24) is 0 Å². The summed E-state index contributed by atoms with van der Waals surface area (Å²) in [7, 11) is 0. The average Bonchev–Trinajstić information content (AvgIpc) is 2.53. The van der Waals surface area contributed by atoms with Crippen molar-refractivity contribution in [3.05, 3.63) is 76.3 Å². The van der Waals surface area contributed by atoms with E-state index in [0.29, 0.717) is 10.6 Å². The molecule has 0 aliphatic carbocycles.